The molecule has 1 aromatic heterocycles. The van der Waals surface area contributed by atoms with Crippen molar-refractivity contribution in [1.82, 2.24) is 4.68 Å². The molecule has 0 fully saturated rings. The molecule has 1 aliphatic rings. The highest BCUT2D eigenvalue weighted by atomic mass is 35.5. The Morgan fingerprint density at radius 2 is 2.07 bits per heavy atom. The predicted octanol–water partition coefficient (Wildman–Crippen LogP) is 2.29. The van der Waals surface area contributed by atoms with E-state index < -0.39 is 22.6 Å². The Hall–Kier alpha value is -3.41. The number of carbonyl (C=O) groups excluding carboxylic acids is 2. The second-order valence-corrected chi connectivity index (χ2v) is 8.14. The summed E-state index contributed by atoms with van der Waals surface area (Å²) in [5, 5.41) is 22.5. The summed E-state index contributed by atoms with van der Waals surface area (Å²) in [7, 11) is 0. The minimum atomic E-state index is -0.676. The van der Waals surface area contributed by atoms with Gasteiger partial charge in [-0.2, -0.15) is 4.68 Å². The van der Waals surface area contributed by atoms with Crippen molar-refractivity contribution < 1.29 is 19.6 Å². The van der Waals surface area contributed by atoms with Crippen LogP contribution in [0.15, 0.2) is 47.5 Å². The molecule has 0 atom stereocenters. The van der Waals surface area contributed by atoms with Crippen LogP contribution in [0.25, 0.3) is 5.57 Å². The van der Waals surface area contributed by atoms with Crippen LogP contribution >= 0.6 is 35.2 Å². The van der Waals surface area contributed by atoms with Gasteiger partial charge in [-0.3, -0.25) is 25.1 Å². The first-order chi connectivity index (χ1) is 14.3. The van der Waals surface area contributed by atoms with Gasteiger partial charge in [0.25, 0.3) is 17.5 Å². The SMILES string of the molecule is O=C1N=c2ccc([N+](=O)[O-])cc2=C1c1sc(=S)n(NC(=O)c2cccc(Cl)c2)c1O. The van der Waals surface area contributed by atoms with Crippen LogP contribution in [0.5, 0.6) is 5.88 Å². The maximum absolute atomic E-state index is 12.5. The number of hydrogen-bond donors (Lipinski definition) is 2. The lowest BCUT2D eigenvalue weighted by Gasteiger charge is -2.08. The van der Waals surface area contributed by atoms with Gasteiger partial charge in [0.15, 0.2) is 3.95 Å². The van der Waals surface area contributed by atoms with E-state index in [2.05, 4.69) is 10.4 Å². The largest absolute Gasteiger partial charge is 0.492 e. The van der Waals surface area contributed by atoms with Gasteiger partial charge in [-0.15, -0.1) is 0 Å². The molecule has 150 valence electrons. The molecule has 0 saturated heterocycles. The summed E-state index contributed by atoms with van der Waals surface area (Å²) in [6, 6.07) is 9.95. The molecule has 0 aliphatic carbocycles. The molecule has 4 rings (SSSR count). The Balaban J connectivity index is 1.82. The molecule has 0 spiro atoms. The molecule has 12 heteroatoms. The van der Waals surface area contributed by atoms with Crippen molar-refractivity contribution in [2.45, 2.75) is 0 Å². The maximum atomic E-state index is 12.5. The molecular weight excluding hydrogens is 452 g/mol. The Kier molecular flexibility index (Phi) is 4.94. The highest BCUT2D eigenvalue weighted by Crippen LogP contribution is 2.32. The minimum absolute atomic E-state index is 0.0296. The van der Waals surface area contributed by atoms with E-state index in [0.717, 1.165) is 16.0 Å². The lowest BCUT2D eigenvalue weighted by atomic mass is 10.1. The van der Waals surface area contributed by atoms with Gasteiger partial charge in [0.1, 0.15) is 4.88 Å². The number of benzene rings is 2. The van der Waals surface area contributed by atoms with Gasteiger partial charge in [-0.25, -0.2) is 4.99 Å². The molecule has 3 aromatic rings. The minimum Gasteiger partial charge on any atom is -0.492 e. The number of halogens is 1. The van der Waals surface area contributed by atoms with Crippen LogP contribution in [0.3, 0.4) is 0 Å². The number of nitrogens with one attached hydrogen (secondary N) is 1. The average molecular weight is 461 g/mol. The average Bonchev–Trinajstić information content (AvgIpc) is 3.17. The number of nitro benzene ring substituents is 1. The summed E-state index contributed by atoms with van der Waals surface area (Å²) in [6.45, 7) is 0. The monoisotopic (exact) mass is 460 g/mol. The Morgan fingerprint density at radius 1 is 1.30 bits per heavy atom. The smallest absolute Gasteiger partial charge is 0.279 e. The first-order valence-corrected chi connectivity index (χ1v) is 9.80. The van der Waals surface area contributed by atoms with E-state index in [1.165, 1.54) is 30.3 Å². The quantitative estimate of drug-likeness (QED) is 0.349. The Bertz CT molecular complexity index is 1440. The van der Waals surface area contributed by atoms with Crippen molar-refractivity contribution in [3.05, 3.63) is 82.6 Å². The van der Waals surface area contributed by atoms with Crippen molar-refractivity contribution in [2.24, 2.45) is 4.99 Å². The first-order valence-electron chi connectivity index (χ1n) is 8.20. The molecule has 0 bridgehead atoms. The molecule has 0 radical (unpaired) electrons. The molecule has 2 heterocycles. The van der Waals surface area contributed by atoms with E-state index in [1.807, 2.05) is 0 Å². The van der Waals surface area contributed by atoms with E-state index in [9.17, 15) is 24.8 Å². The Morgan fingerprint density at radius 3 is 2.77 bits per heavy atom. The van der Waals surface area contributed by atoms with Gasteiger partial charge in [0.2, 0.25) is 5.88 Å². The van der Waals surface area contributed by atoms with E-state index in [4.69, 9.17) is 23.8 Å². The number of thiazole rings is 1. The number of fused-ring (bicyclic) bond motifs is 1. The van der Waals surface area contributed by atoms with Gasteiger partial charge in [-0.1, -0.05) is 29.0 Å². The zero-order valence-electron chi connectivity index (χ0n) is 14.7. The zero-order chi connectivity index (χ0) is 21.6. The van der Waals surface area contributed by atoms with Crippen LogP contribution in [0.4, 0.5) is 5.69 Å². The molecule has 0 unspecified atom stereocenters. The van der Waals surface area contributed by atoms with E-state index in [0.29, 0.717) is 5.02 Å². The number of carbonyl (C=O) groups is 2. The summed E-state index contributed by atoms with van der Waals surface area (Å²) in [5.41, 5.74) is 2.42. The number of aromatic hydroxyl groups is 1. The third-order valence-electron chi connectivity index (χ3n) is 4.21. The third-order valence-corrected chi connectivity index (χ3v) is 5.83. The van der Waals surface area contributed by atoms with Gasteiger partial charge in [-0.05, 0) is 36.5 Å². The number of amides is 2. The van der Waals surface area contributed by atoms with Gasteiger partial charge < -0.3 is 5.11 Å². The molecule has 2 amide bonds. The summed E-state index contributed by atoms with van der Waals surface area (Å²) in [4.78, 5) is 39.3. The van der Waals surface area contributed by atoms with Crippen LogP contribution in [0, 0.1) is 14.1 Å². The molecule has 9 nitrogen and oxygen atoms in total. The van der Waals surface area contributed by atoms with Crippen molar-refractivity contribution in [3.63, 3.8) is 0 Å². The van der Waals surface area contributed by atoms with Gasteiger partial charge in [0, 0.05) is 27.9 Å². The molecule has 0 saturated carbocycles. The first kappa shape index (κ1) is 19.9. The fourth-order valence-corrected chi connectivity index (χ4v) is 4.31. The lowest BCUT2D eigenvalue weighted by Crippen LogP contribution is -2.24. The second-order valence-electron chi connectivity index (χ2n) is 6.06. The molecule has 2 N–H and O–H groups in total. The number of hydrogen-bond acceptors (Lipinski definition) is 7. The third kappa shape index (κ3) is 3.38. The topological polar surface area (TPSA) is 127 Å². The second kappa shape index (κ2) is 7.44. The molecular formula is C18H9ClN4O5S2. The Labute approximate surface area is 181 Å². The highest BCUT2D eigenvalue weighted by Gasteiger charge is 2.27. The van der Waals surface area contributed by atoms with E-state index >= 15 is 0 Å². The number of aromatic nitrogens is 1. The van der Waals surface area contributed by atoms with Crippen molar-refractivity contribution >= 4 is 58.2 Å². The fourth-order valence-electron chi connectivity index (χ4n) is 2.86. The summed E-state index contributed by atoms with van der Waals surface area (Å²) >= 11 is 12.0. The van der Waals surface area contributed by atoms with E-state index in [1.54, 1.807) is 12.1 Å². The van der Waals surface area contributed by atoms with Crippen LogP contribution in [-0.2, 0) is 4.79 Å². The van der Waals surface area contributed by atoms with E-state index in [-0.39, 0.29) is 36.2 Å². The predicted molar refractivity (Wildman–Crippen MR) is 111 cm³/mol. The molecule has 2 aromatic carbocycles. The van der Waals surface area contributed by atoms with Crippen LogP contribution in [0.2, 0.25) is 5.02 Å². The standard InChI is InChI=1S/C18H9ClN4O5S2/c19-9-3-1-2-8(6-9)15(24)21-22-17(26)14(30-18(22)29)13-11-7-10(23(27)28)4-5-12(11)20-16(13)25/h1-7,26H,(H,21,24). The van der Waals surface area contributed by atoms with Crippen LogP contribution < -0.4 is 16.0 Å². The highest BCUT2D eigenvalue weighted by molar-refractivity contribution is 7.73. The maximum Gasteiger partial charge on any atom is 0.279 e. The van der Waals surface area contributed by atoms with Crippen LogP contribution in [0.1, 0.15) is 15.2 Å². The van der Waals surface area contributed by atoms with Gasteiger partial charge in [0.05, 0.1) is 15.9 Å². The van der Waals surface area contributed by atoms with Crippen molar-refractivity contribution in [1.29, 1.82) is 0 Å². The number of nitrogens with zero attached hydrogens (tertiary/aromatic N) is 3. The molecule has 30 heavy (non-hydrogen) atoms. The van der Waals surface area contributed by atoms with Gasteiger partial charge >= 0.3 is 0 Å². The summed E-state index contributed by atoms with van der Waals surface area (Å²) < 4.78 is 1.01. The lowest BCUT2D eigenvalue weighted by molar-refractivity contribution is -0.385. The number of non-ortho nitro benzene ring substituents is 1. The summed E-state index contributed by atoms with van der Waals surface area (Å²) in [5.74, 6) is -1.75. The number of nitro groups is 1. The summed E-state index contributed by atoms with van der Waals surface area (Å²) in [6.07, 6.45) is 0. The number of rotatable bonds is 4. The van der Waals surface area contributed by atoms with Crippen molar-refractivity contribution in [3.8, 4) is 5.88 Å². The normalized spacial score (nSPS) is 12.4. The fraction of sp³-hybridized carbons (Fsp3) is 0. The molecule has 1 aliphatic heterocycles. The zero-order valence-corrected chi connectivity index (χ0v) is 17.0. The van der Waals surface area contributed by atoms with Crippen LogP contribution in [-0.4, -0.2) is 26.5 Å². The van der Waals surface area contributed by atoms with Crippen molar-refractivity contribution in [2.75, 3.05) is 5.43 Å².